The third-order valence-electron chi connectivity index (χ3n) is 3.48. The molecule has 0 radical (unpaired) electrons. The molecule has 1 aromatic carbocycles. The molecule has 0 fully saturated rings. The Labute approximate surface area is 119 Å². The van der Waals surface area contributed by atoms with Crippen molar-refractivity contribution in [2.24, 2.45) is 0 Å². The minimum atomic E-state index is 0.756. The monoisotopic (exact) mass is 269 g/mol. The number of hydrogen-bond donors (Lipinski definition) is 1. The minimum Gasteiger partial charge on any atom is -0.494 e. The normalized spacial score (nSPS) is 13.8. The number of rotatable bonds is 4. The van der Waals surface area contributed by atoms with E-state index in [-0.39, 0.29) is 0 Å². The van der Waals surface area contributed by atoms with Gasteiger partial charge in [0.25, 0.3) is 0 Å². The first-order valence-electron chi connectivity index (χ1n) is 7.15. The second-order valence-corrected chi connectivity index (χ2v) is 4.95. The van der Waals surface area contributed by atoms with Crippen LogP contribution in [0.1, 0.15) is 24.6 Å². The van der Waals surface area contributed by atoms with E-state index in [1.54, 1.807) is 6.33 Å². The van der Waals surface area contributed by atoms with Crippen LogP contribution < -0.4 is 10.1 Å². The molecule has 0 aliphatic carbocycles. The number of fused-ring (bicyclic) bond motifs is 1. The van der Waals surface area contributed by atoms with E-state index in [0.717, 1.165) is 49.5 Å². The fourth-order valence-corrected chi connectivity index (χ4v) is 2.45. The zero-order valence-electron chi connectivity index (χ0n) is 11.7. The van der Waals surface area contributed by atoms with Gasteiger partial charge in [-0.3, -0.25) is 0 Å². The van der Waals surface area contributed by atoms with E-state index in [0.29, 0.717) is 0 Å². The average Bonchev–Trinajstić information content (AvgIpc) is 2.53. The van der Waals surface area contributed by atoms with Crippen LogP contribution in [0.15, 0.2) is 30.6 Å². The molecular weight excluding hydrogens is 250 g/mol. The summed E-state index contributed by atoms with van der Waals surface area (Å²) in [5.41, 5.74) is 4.54. The second kappa shape index (κ2) is 6.01. The van der Waals surface area contributed by atoms with Gasteiger partial charge in [-0.1, -0.05) is 6.92 Å². The van der Waals surface area contributed by atoms with Crippen molar-refractivity contribution in [3.63, 3.8) is 0 Å². The first-order valence-corrected chi connectivity index (χ1v) is 7.15. The standard InChI is InChI=1S/C16H19N3O/c1-2-9-20-13-5-3-12(4-6-13)16-14-10-17-8-7-15(14)18-11-19-16/h3-6,11,17H,2,7-10H2,1H3. The molecule has 4 nitrogen and oxygen atoms in total. The van der Waals surface area contributed by atoms with Crippen molar-refractivity contribution in [2.45, 2.75) is 26.3 Å². The van der Waals surface area contributed by atoms with Gasteiger partial charge >= 0.3 is 0 Å². The molecule has 0 saturated carbocycles. The first kappa shape index (κ1) is 13.1. The first-order chi connectivity index (χ1) is 9.88. The Balaban J connectivity index is 1.89. The molecular formula is C16H19N3O. The highest BCUT2D eigenvalue weighted by atomic mass is 16.5. The molecule has 1 aromatic heterocycles. The van der Waals surface area contributed by atoms with Crippen LogP contribution in [-0.4, -0.2) is 23.1 Å². The van der Waals surface area contributed by atoms with Crippen LogP contribution in [-0.2, 0) is 13.0 Å². The van der Waals surface area contributed by atoms with E-state index in [1.165, 1.54) is 11.3 Å². The second-order valence-electron chi connectivity index (χ2n) is 4.95. The fraction of sp³-hybridized carbons (Fsp3) is 0.375. The predicted molar refractivity (Wildman–Crippen MR) is 78.7 cm³/mol. The van der Waals surface area contributed by atoms with E-state index in [2.05, 4.69) is 34.3 Å². The molecule has 0 spiro atoms. The molecule has 0 saturated heterocycles. The summed E-state index contributed by atoms with van der Waals surface area (Å²) in [6, 6.07) is 8.16. The molecule has 0 bridgehead atoms. The minimum absolute atomic E-state index is 0.756. The molecule has 3 rings (SSSR count). The molecule has 2 aromatic rings. The van der Waals surface area contributed by atoms with Gasteiger partial charge in [0.1, 0.15) is 12.1 Å². The summed E-state index contributed by atoms with van der Waals surface area (Å²) in [4.78, 5) is 8.85. The largest absolute Gasteiger partial charge is 0.494 e. The van der Waals surface area contributed by atoms with Gasteiger partial charge in [-0.05, 0) is 30.7 Å². The molecule has 1 aliphatic heterocycles. The van der Waals surface area contributed by atoms with E-state index >= 15 is 0 Å². The maximum atomic E-state index is 5.61. The summed E-state index contributed by atoms with van der Waals surface area (Å²) in [6.07, 6.45) is 3.66. The summed E-state index contributed by atoms with van der Waals surface area (Å²) in [5.74, 6) is 0.914. The van der Waals surface area contributed by atoms with Gasteiger partial charge in [0.2, 0.25) is 0 Å². The molecule has 2 heterocycles. The third kappa shape index (κ3) is 2.65. The van der Waals surface area contributed by atoms with Gasteiger partial charge in [0.05, 0.1) is 18.0 Å². The molecule has 0 atom stereocenters. The van der Waals surface area contributed by atoms with Crippen molar-refractivity contribution >= 4 is 0 Å². The number of nitrogens with one attached hydrogen (secondary N) is 1. The summed E-state index contributed by atoms with van der Waals surface area (Å²) in [5, 5.41) is 3.39. The van der Waals surface area contributed by atoms with E-state index in [9.17, 15) is 0 Å². The van der Waals surface area contributed by atoms with Crippen LogP contribution >= 0.6 is 0 Å². The van der Waals surface area contributed by atoms with Gasteiger partial charge < -0.3 is 10.1 Å². The molecule has 4 heteroatoms. The van der Waals surface area contributed by atoms with Crippen molar-refractivity contribution in [2.75, 3.05) is 13.2 Å². The van der Waals surface area contributed by atoms with Crippen LogP contribution in [0, 0.1) is 0 Å². The molecule has 20 heavy (non-hydrogen) atoms. The Hall–Kier alpha value is -1.94. The lowest BCUT2D eigenvalue weighted by molar-refractivity contribution is 0.317. The smallest absolute Gasteiger partial charge is 0.119 e. The van der Waals surface area contributed by atoms with E-state index in [4.69, 9.17) is 4.74 Å². The number of ether oxygens (including phenoxy) is 1. The number of nitrogens with zero attached hydrogens (tertiary/aromatic N) is 2. The number of benzene rings is 1. The highest BCUT2D eigenvalue weighted by molar-refractivity contribution is 5.64. The van der Waals surface area contributed by atoms with Crippen molar-refractivity contribution in [3.8, 4) is 17.0 Å². The Morgan fingerprint density at radius 3 is 2.85 bits per heavy atom. The lowest BCUT2D eigenvalue weighted by atomic mass is 10.0. The Kier molecular flexibility index (Phi) is 3.92. The highest BCUT2D eigenvalue weighted by Gasteiger charge is 2.15. The molecule has 104 valence electrons. The summed E-state index contributed by atoms with van der Waals surface area (Å²) < 4.78 is 5.61. The summed E-state index contributed by atoms with van der Waals surface area (Å²) >= 11 is 0. The van der Waals surface area contributed by atoms with Crippen LogP contribution in [0.4, 0.5) is 0 Å². The molecule has 1 N–H and O–H groups in total. The van der Waals surface area contributed by atoms with Gasteiger partial charge in [-0.25, -0.2) is 9.97 Å². The zero-order valence-corrected chi connectivity index (χ0v) is 11.7. The van der Waals surface area contributed by atoms with Crippen LogP contribution in [0.5, 0.6) is 5.75 Å². The maximum absolute atomic E-state index is 5.61. The molecule has 0 unspecified atom stereocenters. The quantitative estimate of drug-likeness (QED) is 0.926. The maximum Gasteiger partial charge on any atom is 0.119 e. The lowest BCUT2D eigenvalue weighted by Crippen LogP contribution is -2.25. The Morgan fingerprint density at radius 1 is 1.20 bits per heavy atom. The van der Waals surface area contributed by atoms with Crippen molar-refractivity contribution < 1.29 is 4.74 Å². The SMILES string of the molecule is CCCOc1ccc(-c2ncnc3c2CNCC3)cc1. The fourth-order valence-electron chi connectivity index (χ4n) is 2.45. The topological polar surface area (TPSA) is 47.0 Å². The number of hydrogen-bond acceptors (Lipinski definition) is 4. The summed E-state index contributed by atoms with van der Waals surface area (Å²) in [6.45, 7) is 4.70. The van der Waals surface area contributed by atoms with Gasteiger partial charge in [0.15, 0.2) is 0 Å². The van der Waals surface area contributed by atoms with Crippen molar-refractivity contribution in [1.82, 2.24) is 15.3 Å². The Bertz CT molecular complexity index is 581. The van der Waals surface area contributed by atoms with Gasteiger partial charge in [0, 0.05) is 30.6 Å². The van der Waals surface area contributed by atoms with Crippen LogP contribution in [0.25, 0.3) is 11.3 Å². The van der Waals surface area contributed by atoms with Crippen LogP contribution in [0.3, 0.4) is 0 Å². The van der Waals surface area contributed by atoms with E-state index < -0.39 is 0 Å². The summed E-state index contributed by atoms with van der Waals surface area (Å²) in [7, 11) is 0. The van der Waals surface area contributed by atoms with Gasteiger partial charge in [-0.2, -0.15) is 0 Å². The number of aromatic nitrogens is 2. The molecule has 1 aliphatic rings. The van der Waals surface area contributed by atoms with E-state index in [1.807, 2.05) is 12.1 Å². The third-order valence-corrected chi connectivity index (χ3v) is 3.48. The zero-order chi connectivity index (χ0) is 13.8. The lowest BCUT2D eigenvalue weighted by Gasteiger charge is -2.18. The van der Waals surface area contributed by atoms with Crippen molar-refractivity contribution in [1.29, 1.82) is 0 Å². The van der Waals surface area contributed by atoms with Gasteiger partial charge in [-0.15, -0.1) is 0 Å². The Morgan fingerprint density at radius 2 is 2.05 bits per heavy atom. The highest BCUT2D eigenvalue weighted by Crippen LogP contribution is 2.26. The van der Waals surface area contributed by atoms with Crippen LogP contribution in [0.2, 0.25) is 0 Å². The van der Waals surface area contributed by atoms with Crippen molar-refractivity contribution in [3.05, 3.63) is 41.9 Å². The average molecular weight is 269 g/mol. The molecule has 0 amide bonds. The predicted octanol–water partition coefficient (Wildman–Crippen LogP) is 2.58.